The SMILES string of the molecule is O=C(c1ccccc1C(F)(F)F)c1nccn1CC(CCO)c1ccc(Cl)c(Cl)c1.O=C(c1ccccc1C(F)(F)F)c1nccn1CC(CCOC1CCCCO1)c1ccc(Cl)c(Cl)c1. The smallest absolute Gasteiger partial charge is 0.396 e. The fourth-order valence-electron chi connectivity index (χ4n) is 7.50. The van der Waals surface area contributed by atoms with Crippen LogP contribution in [0.5, 0.6) is 0 Å². The van der Waals surface area contributed by atoms with E-state index in [0.717, 1.165) is 48.6 Å². The molecule has 2 aromatic heterocycles. The van der Waals surface area contributed by atoms with Crippen LogP contribution in [0.1, 0.15) is 98.6 Å². The van der Waals surface area contributed by atoms with Crippen molar-refractivity contribution < 1.29 is 50.5 Å². The second kappa shape index (κ2) is 22.8. The van der Waals surface area contributed by atoms with Crippen molar-refractivity contribution in [2.45, 2.75) is 75.7 Å². The normalized spacial score (nSPS) is 15.2. The molecule has 0 aliphatic carbocycles. The molecular weight excluding hydrogens is 956 g/mol. The Labute approximate surface area is 396 Å². The molecule has 3 atom stereocenters. The zero-order valence-electron chi connectivity index (χ0n) is 34.8. The van der Waals surface area contributed by atoms with Gasteiger partial charge in [0, 0.05) is 74.1 Å². The highest BCUT2D eigenvalue weighted by Crippen LogP contribution is 2.36. The van der Waals surface area contributed by atoms with Gasteiger partial charge < -0.3 is 23.7 Å². The minimum absolute atomic E-state index is 0.0757. The molecule has 350 valence electrons. The molecule has 1 aliphatic heterocycles. The van der Waals surface area contributed by atoms with Gasteiger partial charge in [-0.3, -0.25) is 9.59 Å². The molecule has 4 aromatic carbocycles. The largest absolute Gasteiger partial charge is 0.417 e. The van der Waals surface area contributed by atoms with Crippen LogP contribution in [0.3, 0.4) is 0 Å². The summed E-state index contributed by atoms with van der Waals surface area (Å²) >= 11 is 24.4. The van der Waals surface area contributed by atoms with E-state index in [-0.39, 0.29) is 49.5 Å². The predicted molar refractivity (Wildman–Crippen MR) is 238 cm³/mol. The number of carbonyl (C=O) groups excluding carboxylic acids is 2. The van der Waals surface area contributed by atoms with Gasteiger partial charge in [-0.25, -0.2) is 9.97 Å². The number of hydrogen-bond donors (Lipinski definition) is 1. The number of halogens is 10. The van der Waals surface area contributed by atoms with E-state index in [2.05, 4.69) is 9.97 Å². The first-order valence-electron chi connectivity index (χ1n) is 20.6. The van der Waals surface area contributed by atoms with Crippen molar-refractivity contribution in [2.24, 2.45) is 0 Å². The molecule has 0 saturated carbocycles. The Morgan fingerprint density at radius 1 is 0.682 bits per heavy atom. The summed E-state index contributed by atoms with van der Waals surface area (Å²) in [5.74, 6) is -2.26. The maximum absolute atomic E-state index is 13.5. The minimum atomic E-state index is -4.66. The lowest BCUT2D eigenvalue weighted by molar-refractivity contribution is -0.163. The van der Waals surface area contributed by atoms with Crippen molar-refractivity contribution >= 4 is 58.0 Å². The molecule has 0 spiro atoms. The Bertz CT molecular complexity index is 2600. The maximum Gasteiger partial charge on any atom is 0.417 e. The van der Waals surface area contributed by atoms with Crippen LogP contribution in [0.15, 0.2) is 110 Å². The van der Waals surface area contributed by atoms with Gasteiger partial charge in [-0.1, -0.05) is 94.9 Å². The van der Waals surface area contributed by atoms with Crippen LogP contribution in [0.25, 0.3) is 0 Å². The van der Waals surface area contributed by atoms with Gasteiger partial charge in [0.25, 0.3) is 0 Å². The van der Waals surface area contributed by atoms with Crippen molar-refractivity contribution in [3.8, 4) is 0 Å². The van der Waals surface area contributed by atoms with Crippen LogP contribution in [0.2, 0.25) is 20.1 Å². The first-order chi connectivity index (χ1) is 31.5. The molecule has 9 nitrogen and oxygen atoms in total. The monoisotopic (exact) mass is 996 g/mol. The van der Waals surface area contributed by atoms with E-state index in [1.807, 2.05) is 6.07 Å². The van der Waals surface area contributed by atoms with E-state index in [9.17, 15) is 41.0 Å². The number of ketones is 2. The maximum atomic E-state index is 13.5. The van der Waals surface area contributed by atoms with E-state index in [0.29, 0.717) is 46.1 Å². The molecule has 1 aliphatic rings. The molecule has 3 heterocycles. The summed E-state index contributed by atoms with van der Waals surface area (Å²) in [4.78, 5) is 34.2. The highest BCUT2D eigenvalue weighted by Gasteiger charge is 2.37. The number of alkyl halides is 6. The summed E-state index contributed by atoms with van der Waals surface area (Å²) in [6, 6.07) is 19.7. The third-order valence-corrected chi connectivity index (χ3v) is 12.3. The molecule has 1 N–H and O–H groups in total. The van der Waals surface area contributed by atoms with E-state index in [1.165, 1.54) is 53.5 Å². The molecule has 3 unspecified atom stereocenters. The molecule has 7 rings (SSSR count). The van der Waals surface area contributed by atoms with Crippen LogP contribution in [-0.4, -0.2) is 61.9 Å². The Balaban J connectivity index is 0.000000222. The number of ether oxygens (including phenoxy) is 2. The lowest BCUT2D eigenvalue weighted by atomic mass is 9.95. The van der Waals surface area contributed by atoms with Gasteiger partial charge in [-0.15, -0.1) is 0 Å². The number of benzene rings is 4. The summed E-state index contributed by atoms with van der Waals surface area (Å²) in [5, 5.41) is 11.0. The second-order valence-corrected chi connectivity index (χ2v) is 16.9. The van der Waals surface area contributed by atoms with Crippen LogP contribution in [-0.2, 0) is 34.9 Å². The van der Waals surface area contributed by atoms with Crippen molar-refractivity contribution in [1.29, 1.82) is 0 Å². The summed E-state index contributed by atoms with van der Waals surface area (Å²) in [7, 11) is 0. The molecule has 1 saturated heterocycles. The van der Waals surface area contributed by atoms with Gasteiger partial charge >= 0.3 is 12.4 Å². The number of aliphatic hydroxyl groups is 1. The van der Waals surface area contributed by atoms with Gasteiger partial charge in [0.2, 0.25) is 11.6 Å². The van der Waals surface area contributed by atoms with Crippen molar-refractivity contribution in [3.63, 3.8) is 0 Å². The lowest BCUT2D eigenvalue weighted by Gasteiger charge is -2.25. The molecule has 0 bridgehead atoms. The first kappa shape index (κ1) is 50.7. The predicted octanol–water partition coefficient (Wildman–Crippen LogP) is 12.8. The number of imidazole rings is 2. The highest BCUT2D eigenvalue weighted by atomic mass is 35.5. The van der Waals surface area contributed by atoms with Crippen LogP contribution >= 0.6 is 46.4 Å². The molecule has 0 amide bonds. The number of nitrogens with zero attached hydrogens (tertiary/aromatic N) is 4. The third-order valence-electron chi connectivity index (χ3n) is 10.8. The van der Waals surface area contributed by atoms with Gasteiger partial charge in [0.05, 0.1) is 37.8 Å². The first-order valence-corrected chi connectivity index (χ1v) is 22.2. The molecule has 6 aromatic rings. The van der Waals surface area contributed by atoms with Gasteiger partial charge in [0.1, 0.15) is 0 Å². The molecule has 0 radical (unpaired) electrons. The van der Waals surface area contributed by atoms with Crippen LogP contribution < -0.4 is 0 Å². The standard InChI is InChI=1S/C26H25Cl2F3N2O3.C21H17Cl2F3N2O2/c27-21-9-8-17(15-22(21)28)18(10-14-36-23-7-3-4-13-35-23)16-33-12-11-32-25(33)24(34)19-5-1-2-6-20(19)26(29,30)31;22-17-6-5-13(11-18(17)23)14(7-10-29)12-28-9-8-27-20(28)19(30)15-3-1-2-4-16(15)21(24,25)26/h1-2,5-6,8-9,11-12,15,18,23H,3-4,7,10,13-14,16H2;1-6,8-9,11,14,29H,7,10,12H2. The second-order valence-electron chi connectivity index (χ2n) is 15.3. The Hall–Kier alpha value is -4.74. The zero-order valence-corrected chi connectivity index (χ0v) is 37.9. The topological polar surface area (TPSA) is 108 Å². The summed E-state index contributed by atoms with van der Waals surface area (Å²) in [5.41, 5.74) is -1.28. The molecule has 1 fully saturated rings. The Morgan fingerprint density at radius 2 is 1.15 bits per heavy atom. The fraction of sp³-hybridized carbons (Fsp3) is 0.319. The summed E-state index contributed by atoms with van der Waals surface area (Å²) < 4.78 is 95.1. The molecule has 66 heavy (non-hydrogen) atoms. The number of aromatic nitrogens is 4. The quantitative estimate of drug-likeness (QED) is 0.0760. The van der Waals surface area contributed by atoms with Crippen molar-refractivity contribution in [2.75, 3.05) is 19.8 Å². The highest BCUT2D eigenvalue weighted by molar-refractivity contribution is 6.42. The van der Waals surface area contributed by atoms with Crippen LogP contribution in [0, 0.1) is 0 Å². The van der Waals surface area contributed by atoms with Gasteiger partial charge in [-0.2, -0.15) is 26.3 Å². The number of hydrogen-bond acceptors (Lipinski definition) is 7. The molecule has 19 heteroatoms. The lowest BCUT2D eigenvalue weighted by Crippen LogP contribution is -2.24. The molecular formula is C47H42Cl4F6N4O5. The number of carbonyl (C=O) groups is 2. The fourth-order valence-corrected chi connectivity index (χ4v) is 8.12. The minimum Gasteiger partial charge on any atom is -0.396 e. The van der Waals surface area contributed by atoms with E-state index in [4.69, 9.17) is 55.9 Å². The van der Waals surface area contributed by atoms with E-state index < -0.39 is 46.2 Å². The zero-order chi connectivity index (χ0) is 47.6. The van der Waals surface area contributed by atoms with Gasteiger partial charge in [0.15, 0.2) is 17.9 Å². The Kier molecular flexibility index (Phi) is 17.5. The van der Waals surface area contributed by atoms with Gasteiger partial charge in [-0.05, 0) is 79.6 Å². The van der Waals surface area contributed by atoms with Crippen molar-refractivity contribution in [3.05, 3.63) is 175 Å². The number of rotatable bonds is 16. The third kappa shape index (κ3) is 13.0. The average Bonchev–Trinajstić information content (AvgIpc) is 3.97. The number of aliphatic hydroxyl groups excluding tert-OH is 1. The Morgan fingerprint density at radius 3 is 1.58 bits per heavy atom. The average molecular weight is 999 g/mol. The van der Waals surface area contributed by atoms with Crippen LogP contribution in [0.4, 0.5) is 26.3 Å². The van der Waals surface area contributed by atoms with Crippen molar-refractivity contribution in [1.82, 2.24) is 19.1 Å². The summed E-state index contributed by atoms with van der Waals surface area (Å²) in [6.07, 6.45) is 0.0787. The van der Waals surface area contributed by atoms with E-state index in [1.54, 1.807) is 41.1 Å². The summed E-state index contributed by atoms with van der Waals surface area (Å²) in [6.45, 7) is 1.43. The van der Waals surface area contributed by atoms with E-state index >= 15 is 0 Å².